The van der Waals surface area contributed by atoms with E-state index in [2.05, 4.69) is 10.3 Å². The molecule has 0 fully saturated rings. The smallest absolute Gasteiger partial charge is 0.153 e. The van der Waals surface area contributed by atoms with Gasteiger partial charge >= 0.3 is 0 Å². The number of nitrogens with zero attached hydrogens (tertiary/aromatic N) is 1. The van der Waals surface area contributed by atoms with Crippen LogP contribution in [0.15, 0.2) is 36.5 Å². The van der Waals surface area contributed by atoms with Crippen molar-refractivity contribution < 1.29 is 4.74 Å². The highest BCUT2D eigenvalue weighted by molar-refractivity contribution is 6.30. The van der Waals surface area contributed by atoms with Crippen LogP contribution in [0.25, 0.3) is 0 Å². The number of halogens is 1. The lowest BCUT2D eigenvalue weighted by molar-refractivity contribution is 0.415. The Morgan fingerprint density at radius 3 is 2.59 bits per heavy atom. The normalized spacial score (nSPS) is 10.0. The third-order valence-electron chi connectivity index (χ3n) is 2.24. The first-order chi connectivity index (χ1) is 8.19. The van der Waals surface area contributed by atoms with Crippen molar-refractivity contribution in [1.29, 1.82) is 0 Å². The fourth-order valence-electron chi connectivity index (χ4n) is 1.37. The van der Waals surface area contributed by atoms with Crippen molar-refractivity contribution in [3.05, 3.63) is 41.6 Å². The highest BCUT2D eigenvalue weighted by Gasteiger charge is 2.02. The number of nitrogens with two attached hydrogens (primary N) is 1. The Morgan fingerprint density at radius 2 is 2.00 bits per heavy atom. The summed E-state index contributed by atoms with van der Waals surface area (Å²) in [5.74, 6) is 1.38. The highest BCUT2D eigenvalue weighted by Crippen LogP contribution is 2.24. The van der Waals surface area contributed by atoms with Crippen molar-refractivity contribution in [2.45, 2.75) is 0 Å². The van der Waals surface area contributed by atoms with Crippen LogP contribution in [-0.4, -0.2) is 12.1 Å². The number of anilines is 3. The van der Waals surface area contributed by atoms with Gasteiger partial charge in [-0.15, -0.1) is 0 Å². The molecule has 0 unspecified atom stereocenters. The summed E-state index contributed by atoms with van der Waals surface area (Å²) in [5.41, 5.74) is 7.18. The van der Waals surface area contributed by atoms with E-state index in [0.29, 0.717) is 16.5 Å². The molecule has 3 N–H and O–H groups in total. The molecule has 0 amide bonds. The molecule has 0 spiro atoms. The Hall–Kier alpha value is -1.94. The van der Waals surface area contributed by atoms with Gasteiger partial charge in [-0.3, -0.25) is 0 Å². The van der Waals surface area contributed by atoms with Gasteiger partial charge in [0.05, 0.1) is 17.8 Å². The molecule has 1 aromatic carbocycles. The SMILES string of the molecule is COc1ccc(Nc2ncc(Cl)cc2N)cc1. The minimum absolute atomic E-state index is 0.508. The molecule has 0 saturated heterocycles. The third kappa shape index (κ3) is 2.79. The average Bonchev–Trinajstić information content (AvgIpc) is 2.34. The topological polar surface area (TPSA) is 60.2 Å². The van der Waals surface area contributed by atoms with Crippen LogP contribution in [0.4, 0.5) is 17.2 Å². The van der Waals surface area contributed by atoms with Crippen LogP contribution in [0.5, 0.6) is 5.75 Å². The summed E-state index contributed by atoms with van der Waals surface area (Å²) >= 11 is 5.77. The van der Waals surface area contributed by atoms with E-state index in [0.717, 1.165) is 11.4 Å². The molecular weight excluding hydrogens is 238 g/mol. The van der Waals surface area contributed by atoms with Gasteiger partial charge in [-0.25, -0.2) is 4.98 Å². The zero-order valence-electron chi connectivity index (χ0n) is 9.27. The highest BCUT2D eigenvalue weighted by atomic mass is 35.5. The maximum absolute atomic E-state index is 5.79. The maximum atomic E-state index is 5.79. The summed E-state index contributed by atoms with van der Waals surface area (Å²) in [5, 5.41) is 3.62. The minimum Gasteiger partial charge on any atom is -0.497 e. The number of pyridine rings is 1. The number of benzene rings is 1. The van der Waals surface area contributed by atoms with Gasteiger partial charge in [0.2, 0.25) is 0 Å². The van der Waals surface area contributed by atoms with Crippen molar-refractivity contribution in [2.75, 3.05) is 18.2 Å². The van der Waals surface area contributed by atoms with Crippen molar-refractivity contribution in [3.63, 3.8) is 0 Å². The fourth-order valence-corrected chi connectivity index (χ4v) is 1.54. The van der Waals surface area contributed by atoms with E-state index in [1.54, 1.807) is 19.4 Å². The Morgan fingerprint density at radius 1 is 1.29 bits per heavy atom. The minimum atomic E-state index is 0.508. The molecule has 88 valence electrons. The van der Waals surface area contributed by atoms with E-state index in [-0.39, 0.29) is 0 Å². The largest absolute Gasteiger partial charge is 0.497 e. The van der Waals surface area contributed by atoms with Gasteiger partial charge < -0.3 is 15.8 Å². The summed E-state index contributed by atoms with van der Waals surface area (Å²) in [7, 11) is 1.63. The average molecular weight is 250 g/mol. The molecule has 0 saturated carbocycles. The Bertz CT molecular complexity index is 514. The van der Waals surface area contributed by atoms with Crippen LogP contribution >= 0.6 is 11.6 Å². The van der Waals surface area contributed by atoms with Gasteiger partial charge in [0.15, 0.2) is 5.82 Å². The molecule has 2 aromatic rings. The lowest BCUT2D eigenvalue weighted by Crippen LogP contribution is -1.98. The van der Waals surface area contributed by atoms with Gasteiger partial charge in [0, 0.05) is 11.9 Å². The first kappa shape index (κ1) is 11.5. The summed E-state index contributed by atoms with van der Waals surface area (Å²) in [6.45, 7) is 0. The van der Waals surface area contributed by atoms with E-state index in [1.807, 2.05) is 24.3 Å². The number of methoxy groups -OCH3 is 1. The molecule has 0 atom stereocenters. The number of rotatable bonds is 3. The quantitative estimate of drug-likeness (QED) is 0.878. The van der Waals surface area contributed by atoms with Gasteiger partial charge in [-0.1, -0.05) is 11.6 Å². The van der Waals surface area contributed by atoms with Crippen molar-refractivity contribution in [2.24, 2.45) is 0 Å². The fraction of sp³-hybridized carbons (Fsp3) is 0.0833. The van der Waals surface area contributed by atoms with Crippen LogP contribution in [0.2, 0.25) is 5.02 Å². The molecule has 4 nitrogen and oxygen atoms in total. The lowest BCUT2D eigenvalue weighted by Gasteiger charge is -2.08. The van der Waals surface area contributed by atoms with Crippen molar-refractivity contribution in [3.8, 4) is 5.75 Å². The second-order valence-corrected chi connectivity index (χ2v) is 3.88. The second kappa shape index (κ2) is 4.93. The van der Waals surface area contributed by atoms with E-state index in [9.17, 15) is 0 Å². The van der Waals surface area contributed by atoms with Crippen LogP contribution in [0, 0.1) is 0 Å². The molecule has 0 radical (unpaired) electrons. The van der Waals surface area contributed by atoms with Crippen molar-refractivity contribution in [1.82, 2.24) is 4.98 Å². The molecular formula is C12H12ClN3O. The number of nitrogens with one attached hydrogen (secondary N) is 1. The van der Waals surface area contributed by atoms with Crippen LogP contribution in [0.1, 0.15) is 0 Å². The summed E-state index contributed by atoms with van der Waals surface area (Å²) in [6.07, 6.45) is 1.55. The van der Waals surface area contributed by atoms with E-state index >= 15 is 0 Å². The van der Waals surface area contributed by atoms with Crippen LogP contribution in [-0.2, 0) is 0 Å². The molecule has 5 heteroatoms. The number of hydrogen-bond donors (Lipinski definition) is 2. The van der Waals surface area contributed by atoms with Gasteiger partial charge in [-0.2, -0.15) is 0 Å². The lowest BCUT2D eigenvalue weighted by atomic mass is 10.3. The third-order valence-corrected chi connectivity index (χ3v) is 2.44. The summed E-state index contributed by atoms with van der Waals surface area (Å²) in [6, 6.07) is 9.13. The number of aromatic nitrogens is 1. The zero-order chi connectivity index (χ0) is 12.3. The Balaban J connectivity index is 2.19. The summed E-state index contributed by atoms with van der Waals surface area (Å²) < 4.78 is 5.07. The predicted molar refractivity (Wildman–Crippen MR) is 69.9 cm³/mol. The molecule has 1 heterocycles. The predicted octanol–water partition coefficient (Wildman–Crippen LogP) is 3.07. The first-order valence-corrected chi connectivity index (χ1v) is 5.39. The van der Waals surface area contributed by atoms with E-state index < -0.39 is 0 Å². The summed E-state index contributed by atoms with van der Waals surface area (Å²) in [4.78, 5) is 4.12. The standard InChI is InChI=1S/C12H12ClN3O/c1-17-10-4-2-9(3-5-10)16-12-11(14)6-8(13)7-15-12/h2-7H,14H2,1H3,(H,15,16). The monoisotopic (exact) mass is 249 g/mol. The van der Waals surface area contributed by atoms with Crippen molar-refractivity contribution >= 4 is 28.8 Å². The first-order valence-electron chi connectivity index (χ1n) is 5.01. The zero-order valence-corrected chi connectivity index (χ0v) is 10.0. The van der Waals surface area contributed by atoms with E-state index in [1.165, 1.54) is 0 Å². The maximum Gasteiger partial charge on any atom is 0.153 e. The van der Waals surface area contributed by atoms with Gasteiger partial charge in [0.25, 0.3) is 0 Å². The van der Waals surface area contributed by atoms with E-state index in [4.69, 9.17) is 22.1 Å². The number of hydrogen-bond acceptors (Lipinski definition) is 4. The molecule has 2 rings (SSSR count). The van der Waals surface area contributed by atoms with Crippen LogP contribution < -0.4 is 15.8 Å². The molecule has 0 aliphatic carbocycles. The second-order valence-electron chi connectivity index (χ2n) is 3.44. The number of nitrogen functional groups attached to an aromatic ring is 1. The molecule has 0 bridgehead atoms. The molecule has 17 heavy (non-hydrogen) atoms. The Labute approximate surface area is 104 Å². The molecule has 0 aliphatic heterocycles. The molecule has 1 aromatic heterocycles. The van der Waals surface area contributed by atoms with Crippen LogP contribution in [0.3, 0.4) is 0 Å². The van der Waals surface area contributed by atoms with Gasteiger partial charge in [-0.05, 0) is 30.3 Å². The molecule has 0 aliphatic rings. The number of ether oxygens (including phenoxy) is 1. The van der Waals surface area contributed by atoms with Gasteiger partial charge in [0.1, 0.15) is 5.75 Å². The Kier molecular flexibility index (Phi) is 3.35.